The van der Waals surface area contributed by atoms with E-state index in [1.54, 1.807) is 12.1 Å². The van der Waals surface area contributed by atoms with Gasteiger partial charge in [0.25, 0.3) is 0 Å². The number of hydrogen-bond donors (Lipinski definition) is 1. The Morgan fingerprint density at radius 3 is 2.91 bits per heavy atom. The number of nitrogens with one attached hydrogen (secondary N) is 1. The monoisotopic (exact) mass is 325 g/mol. The van der Waals surface area contributed by atoms with Crippen molar-refractivity contribution in [1.29, 1.82) is 0 Å². The first kappa shape index (κ1) is 16.9. The van der Waals surface area contributed by atoms with E-state index in [1.807, 2.05) is 19.9 Å². The molecule has 1 aromatic carbocycles. The molecule has 0 saturated carbocycles. The van der Waals surface area contributed by atoms with Gasteiger partial charge in [-0.1, -0.05) is 17.3 Å². The van der Waals surface area contributed by atoms with Crippen LogP contribution in [0.2, 0.25) is 0 Å². The molecule has 3 rings (SSSR count). The minimum absolute atomic E-state index is 0. The van der Waals surface area contributed by atoms with E-state index in [2.05, 4.69) is 15.4 Å². The average Bonchev–Trinajstić information content (AvgIpc) is 2.80. The molecule has 22 heavy (non-hydrogen) atoms. The van der Waals surface area contributed by atoms with E-state index in [9.17, 15) is 4.39 Å². The second kappa shape index (κ2) is 7.22. The van der Waals surface area contributed by atoms with Gasteiger partial charge < -0.3 is 9.84 Å². The van der Waals surface area contributed by atoms with Crippen LogP contribution in [0.4, 0.5) is 4.39 Å². The molecule has 1 saturated heterocycles. The summed E-state index contributed by atoms with van der Waals surface area (Å²) in [5.74, 6) is 0.680. The van der Waals surface area contributed by atoms with Gasteiger partial charge in [0.05, 0.1) is 5.69 Å². The van der Waals surface area contributed by atoms with Crippen LogP contribution >= 0.6 is 12.4 Å². The first-order valence-corrected chi connectivity index (χ1v) is 7.27. The summed E-state index contributed by atoms with van der Waals surface area (Å²) < 4.78 is 18.7. The molecule has 2 heterocycles. The third kappa shape index (κ3) is 3.48. The van der Waals surface area contributed by atoms with Crippen molar-refractivity contribution in [1.82, 2.24) is 15.4 Å². The predicted octanol–water partition coefficient (Wildman–Crippen LogP) is 3.00. The quantitative estimate of drug-likeness (QED) is 0.942. The normalized spacial score (nSPS) is 19.0. The average molecular weight is 326 g/mol. The van der Waals surface area contributed by atoms with Crippen LogP contribution in [0.15, 0.2) is 28.8 Å². The summed E-state index contributed by atoms with van der Waals surface area (Å²) in [6.45, 7) is 7.37. The summed E-state index contributed by atoms with van der Waals surface area (Å²) in [7, 11) is 0. The van der Waals surface area contributed by atoms with Crippen LogP contribution in [0.1, 0.15) is 28.6 Å². The predicted molar refractivity (Wildman–Crippen MR) is 85.6 cm³/mol. The number of rotatable bonds is 3. The molecular weight excluding hydrogens is 305 g/mol. The molecule has 1 N–H and O–H groups in total. The number of aromatic nitrogens is 1. The number of piperazine rings is 1. The van der Waals surface area contributed by atoms with E-state index in [0.29, 0.717) is 0 Å². The fraction of sp³-hybridized carbons (Fsp3) is 0.438. The lowest BCUT2D eigenvalue weighted by Gasteiger charge is -2.36. The molecule has 1 fully saturated rings. The molecule has 1 aromatic heterocycles. The second-order valence-electron chi connectivity index (χ2n) is 5.55. The van der Waals surface area contributed by atoms with Crippen molar-refractivity contribution >= 4 is 12.4 Å². The van der Waals surface area contributed by atoms with Gasteiger partial charge in [0.15, 0.2) is 0 Å². The smallest absolute Gasteiger partial charge is 0.138 e. The highest BCUT2D eigenvalue weighted by atomic mass is 35.5. The van der Waals surface area contributed by atoms with Crippen molar-refractivity contribution in [2.45, 2.75) is 26.4 Å². The number of benzene rings is 1. The third-order valence-corrected chi connectivity index (χ3v) is 4.13. The van der Waals surface area contributed by atoms with Gasteiger partial charge in [0.2, 0.25) is 0 Å². The maximum atomic E-state index is 13.5. The Morgan fingerprint density at radius 2 is 2.23 bits per heavy atom. The maximum absolute atomic E-state index is 13.5. The van der Waals surface area contributed by atoms with Crippen LogP contribution in [-0.4, -0.2) is 29.7 Å². The highest BCUT2D eigenvalue weighted by molar-refractivity contribution is 5.85. The SMILES string of the molecule is Cc1noc(C)c1CN1CCNCC1c1cccc(F)c1.Cl. The van der Waals surface area contributed by atoms with Crippen LogP contribution in [0.25, 0.3) is 0 Å². The molecule has 0 aliphatic carbocycles. The van der Waals surface area contributed by atoms with Gasteiger partial charge in [-0.3, -0.25) is 4.90 Å². The Hall–Kier alpha value is -1.43. The summed E-state index contributed by atoms with van der Waals surface area (Å²) in [5, 5.41) is 7.40. The second-order valence-corrected chi connectivity index (χ2v) is 5.55. The Labute approximate surface area is 136 Å². The fourth-order valence-corrected chi connectivity index (χ4v) is 2.91. The van der Waals surface area contributed by atoms with Crippen molar-refractivity contribution in [3.8, 4) is 0 Å². The van der Waals surface area contributed by atoms with Gasteiger partial charge in [-0.15, -0.1) is 12.4 Å². The van der Waals surface area contributed by atoms with Gasteiger partial charge in [0, 0.05) is 37.8 Å². The van der Waals surface area contributed by atoms with E-state index in [-0.39, 0.29) is 24.3 Å². The first-order valence-electron chi connectivity index (χ1n) is 7.27. The molecule has 0 spiro atoms. The topological polar surface area (TPSA) is 41.3 Å². The lowest BCUT2D eigenvalue weighted by molar-refractivity contribution is 0.152. The van der Waals surface area contributed by atoms with Crippen LogP contribution in [0.5, 0.6) is 0 Å². The minimum Gasteiger partial charge on any atom is -0.361 e. The number of halogens is 2. The number of aryl methyl sites for hydroxylation is 2. The maximum Gasteiger partial charge on any atom is 0.138 e. The summed E-state index contributed by atoms with van der Waals surface area (Å²) in [4.78, 5) is 2.36. The van der Waals surface area contributed by atoms with Crippen LogP contribution < -0.4 is 5.32 Å². The fourth-order valence-electron chi connectivity index (χ4n) is 2.91. The summed E-state index contributed by atoms with van der Waals surface area (Å²) in [6, 6.07) is 7.04. The van der Waals surface area contributed by atoms with Gasteiger partial charge in [-0.05, 0) is 31.5 Å². The zero-order valence-electron chi connectivity index (χ0n) is 12.8. The molecule has 0 bridgehead atoms. The molecule has 4 nitrogen and oxygen atoms in total. The summed E-state index contributed by atoms with van der Waals surface area (Å²) in [6.07, 6.45) is 0. The lowest BCUT2D eigenvalue weighted by Crippen LogP contribution is -2.45. The van der Waals surface area contributed by atoms with Crippen LogP contribution in [0, 0.1) is 19.7 Å². The van der Waals surface area contributed by atoms with E-state index in [1.165, 1.54) is 6.07 Å². The Morgan fingerprint density at radius 1 is 1.41 bits per heavy atom. The van der Waals surface area contributed by atoms with Crippen molar-refractivity contribution in [3.63, 3.8) is 0 Å². The number of hydrogen-bond acceptors (Lipinski definition) is 4. The molecule has 2 aromatic rings. The zero-order valence-corrected chi connectivity index (χ0v) is 13.6. The zero-order chi connectivity index (χ0) is 14.8. The van der Waals surface area contributed by atoms with E-state index < -0.39 is 0 Å². The van der Waals surface area contributed by atoms with Crippen molar-refractivity contribution < 1.29 is 8.91 Å². The lowest BCUT2D eigenvalue weighted by atomic mass is 10.0. The summed E-state index contributed by atoms with van der Waals surface area (Å²) >= 11 is 0. The molecule has 6 heteroatoms. The van der Waals surface area contributed by atoms with Crippen molar-refractivity contribution in [2.75, 3.05) is 19.6 Å². The molecule has 1 atom stereocenters. The van der Waals surface area contributed by atoms with Crippen LogP contribution in [-0.2, 0) is 6.54 Å². The molecule has 0 radical (unpaired) electrons. The molecule has 0 amide bonds. The largest absolute Gasteiger partial charge is 0.361 e. The number of nitrogens with zero attached hydrogens (tertiary/aromatic N) is 2. The van der Waals surface area contributed by atoms with E-state index in [0.717, 1.165) is 48.8 Å². The van der Waals surface area contributed by atoms with Crippen molar-refractivity contribution in [3.05, 3.63) is 52.7 Å². The van der Waals surface area contributed by atoms with Gasteiger partial charge in [0.1, 0.15) is 11.6 Å². The van der Waals surface area contributed by atoms with E-state index >= 15 is 0 Å². The Kier molecular flexibility index (Phi) is 5.56. The molecule has 1 aliphatic rings. The third-order valence-electron chi connectivity index (χ3n) is 4.13. The minimum atomic E-state index is -0.185. The van der Waals surface area contributed by atoms with Gasteiger partial charge in [-0.2, -0.15) is 0 Å². The van der Waals surface area contributed by atoms with Gasteiger partial charge in [-0.25, -0.2) is 4.39 Å². The highest BCUT2D eigenvalue weighted by Crippen LogP contribution is 2.26. The molecule has 120 valence electrons. The van der Waals surface area contributed by atoms with Crippen LogP contribution in [0.3, 0.4) is 0 Å². The molecule has 1 unspecified atom stereocenters. The Bertz CT molecular complexity index is 612. The van der Waals surface area contributed by atoms with Gasteiger partial charge >= 0.3 is 0 Å². The molecule has 1 aliphatic heterocycles. The summed E-state index contributed by atoms with van der Waals surface area (Å²) in [5.41, 5.74) is 3.08. The standard InChI is InChI=1S/C16H20FN3O.ClH/c1-11-15(12(2)21-19-11)10-20-7-6-18-9-16(20)13-4-3-5-14(17)8-13;/h3-5,8,16,18H,6-7,9-10H2,1-2H3;1H. The first-order chi connectivity index (χ1) is 10.1. The molecular formula is C16H21ClFN3O. The highest BCUT2D eigenvalue weighted by Gasteiger charge is 2.25. The van der Waals surface area contributed by atoms with Crippen molar-refractivity contribution in [2.24, 2.45) is 0 Å². The Balaban J connectivity index is 0.00000176. The van der Waals surface area contributed by atoms with E-state index in [4.69, 9.17) is 4.52 Å².